The van der Waals surface area contributed by atoms with Crippen LogP contribution in [0.1, 0.15) is 102 Å². The zero-order valence-electron chi connectivity index (χ0n) is 44.1. The molecule has 3 heterocycles. The molecule has 0 fully saturated rings. The molecule has 0 radical (unpaired) electrons. The molecule has 3 aromatic heterocycles. The maximum Gasteiger partial charge on any atom is 0.269 e. The van der Waals surface area contributed by atoms with Gasteiger partial charge in [0.2, 0.25) is 0 Å². The molecule has 0 atom stereocenters. The summed E-state index contributed by atoms with van der Waals surface area (Å²) in [6.45, 7) is 20.8. The number of nitrogens with zero attached hydrogens (tertiary/aromatic N) is 4. The van der Waals surface area contributed by atoms with E-state index in [2.05, 4.69) is 301 Å². The van der Waals surface area contributed by atoms with Crippen LogP contribution >= 0.6 is 0 Å². The van der Waals surface area contributed by atoms with Crippen molar-refractivity contribution in [2.75, 3.05) is 0 Å². The number of benzene rings is 8. The van der Waals surface area contributed by atoms with Crippen LogP contribution in [0.2, 0.25) is 0 Å². The maximum atomic E-state index is 7.17. The second-order valence-corrected chi connectivity index (χ2v) is 22.4. The summed E-state index contributed by atoms with van der Waals surface area (Å²) in [4.78, 5) is 4.96. The van der Waals surface area contributed by atoms with Crippen LogP contribution in [0, 0.1) is 6.33 Å². The smallest absolute Gasteiger partial charge is 0.269 e. The van der Waals surface area contributed by atoms with Crippen LogP contribution in [0.3, 0.4) is 0 Å². The molecule has 11 aromatic rings. The first-order valence-electron chi connectivity index (χ1n) is 25.9. The Labute approximate surface area is 437 Å². The first-order valence-corrected chi connectivity index (χ1v) is 25.9. The number of hydrogen-bond acceptors (Lipinski definition) is 2. The number of ether oxygens (including phenoxy) is 1. The molecule has 74 heavy (non-hydrogen) atoms. The molecule has 0 bridgehead atoms. The van der Waals surface area contributed by atoms with Crippen molar-refractivity contribution in [3.8, 4) is 39.8 Å². The van der Waals surface area contributed by atoms with Gasteiger partial charge in [0.05, 0.1) is 33.8 Å². The topological polar surface area (TPSA) is 35.9 Å². The van der Waals surface area contributed by atoms with Gasteiger partial charge in [0.25, 0.3) is 6.33 Å². The fourth-order valence-electron chi connectivity index (χ4n) is 10.9. The highest BCUT2D eigenvalue weighted by atomic mass is 16.5. The average molecular weight is 965 g/mol. The standard InChI is InChI=1S/C69H64N4O/c1-66(2,3)53-39-40-70-63(44-53)73-61-36-23-22-35-59(61)60-38-37-57(46-62(60)73)74-58-42-49(48-25-14-10-15-26-48)41-56(45-58)72-47-71(55-34-24-33-54(43-55)67(4,5)50-27-16-11-17-28-50)64(68(6,7)51-29-18-12-19-30-51)65(72)69(8,9)52-31-20-13-21-32-52/h10-46H,1-9H3. The van der Waals surface area contributed by atoms with Crippen molar-refractivity contribution in [2.45, 2.75) is 84.0 Å². The lowest BCUT2D eigenvalue weighted by atomic mass is 9.73. The first-order chi connectivity index (χ1) is 35.6. The lowest BCUT2D eigenvalue weighted by Crippen LogP contribution is -2.43. The zero-order valence-corrected chi connectivity index (χ0v) is 44.1. The first kappa shape index (κ1) is 48.0. The van der Waals surface area contributed by atoms with Crippen molar-refractivity contribution in [3.63, 3.8) is 0 Å². The summed E-state index contributed by atoms with van der Waals surface area (Å²) in [6.07, 6.45) is 6.00. The van der Waals surface area contributed by atoms with E-state index in [4.69, 9.17) is 9.72 Å². The van der Waals surface area contributed by atoms with Crippen LogP contribution in [-0.4, -0.2) is 14.1 Å². The van der Waals surface area contributed by atoms with Crippen LogP contribution in [0.5, 0.6) is 11.5 Å². The number of aromatic nitrogens is 4. The number of rotatable bonds is 12. The van der Waals surface area contributed by atoms with Crippen molar-refractivity contribution in [1.29, 1.82) is 0 Å². The van der Waals surface area contributed by atoms with E-state index in [1.54, 1.807) is 0 Å². The Morgan fingerprint density at radius 1 is 0.432 bits per heavy atom. The molecule has 0 unspecified atom stereocenters. The average Bonchev–Trinajstić information content (AvgIpc) is 4.01. The second kappa shape index (κ2) is 18.6. The quantitative estimate of drug-likeness (QED) is 0.0903. The molecule has 0 saturated carbocycles. The molecule has 366 valence electrons. The molecule has 0 saturated heterocycles. The minimum Gasteiger partial charge on any atom is -0.458 e. The third kappa shape index (κ3) is 8.70. The number of hydrogen-bond donors (Lipinski definition) is 0. The van der Waals surface area contributed by atoms with Gasteiger partial charge in [-0.2, -0.15) is 0 Å². The Balaban J connectivity index is 1.15. The molecule has 5 nitrogen and oxygen atoms in total. The van der Waals surface area contributed by atoms with E-state index >= 15 is 0 Å². The molecule has 8 aromatic carbocycles. The Hall–Kier alpha value is -8.28. The van der Waals surface area contributed by atoms with Crippen molar-refractivity contribution in [1.82, 2.24) is 14.1 Å². The number of imidazole rings is 1. The fourth-order valence-corrected chi connectivity index (χ4v) is 10.9. The van der Waals surface area contributed by atoms with E-state index in [9.17, 15) is 0 Å². The molecular weight excluding hydrogens is 901 g/mol. The largest absolute Gasteiger partial charge is 0.458 e. The molecule has 0 aliphatic heterocycles. The SMILES string of the molecule is CC(C)(C)c1ccnc(-n2c3ccccc3c3ccc(Oc4cc(-c5ccccc5)cc(-n5[c-][n+](-c6cccc(C(C)(C)c7ccccc7)c6)c(C(C)(C)c6ccccc6)c5C(C)(C)c5ccccc5)c4)cc32)c1. The summed E-state index contributed by atoms with van der Waals surface area (Å²) in [5, 5.41) is 2.30. The minimum atomic E-state index is -0.522. The summed E-state index contributed by atoms with van der Waals surface area (Å²) in [6, 6.07) is 78.3. The second-order valence-electron chi connectivity index (χ2n) is 22.4. The maximum absolute atomic E-state index is 7.17. The third-order valence-corrected chi connectivity index (χ3v) is 15.3. The summed E-state index contributed by atoms with van der Waals surface area (Å²) in [7, 11) is 0. The molecule has 0 spiro atoms. The normalized spacial score (nSPS) is 12.4. The Morgan fingerprint density at radius 2 is 1.01 bits per heavy atom. The van der Waals surface area contributed by atoms with E-state index in [1.807, 2.05) is 6.20 Å². The Morgan fingerprint density at radius 3 is 1.68 bits per heavy atom. The van der Waals surface area contributed by atoms with E-state index in [0.29, 0.717) is 5.75 Å². The van der Waals surface area contributed by atoms with Crippen molar-refractivity contribution in [3.05, 3.63) is 270 Å². The van der Waals surface area contributed by atoms with E-state index in [0.717, 1.165) is 61.9 Å². The van der Waals surface area contributed by atoms with Gasteiger partial charge in [0, 0.05) is 39.3 Å². The summed E-state index contributed by atoms with van der Waals surface area (Å²) in [5.74, 6) is 2.32. The number of para-hydroxylation sites is 1. The highest BCUT2D eigenvalue weighted by molar-refractivity contribution is 6.09. The van der Waals surface area contributed by atoms with Gasteiger partial charge >= 0.3 is 0 Å². The van der Waals surface area contributed by atoms with Gasteiger partial charge in [0.1, 0.15) is 17.3 Å². The van der Waals surface area contributed by atoms with E-state index in [-0.39, 0.29) is 10.8 Å². The lowest BCUT2D eigenvalue weighted by Gasteiger charge is -2.35. The van der Waals surface area contributed by atoms with Gasteiger partial charge in [-0.1, -0.05) is 214 Å². The fraction of sp³-hybridized carbons (Fsp3) is 0.188. The van der Waals surface area contributed by atoms with Gasteiger partial charge < -0.3 is 4.74 Å². The van der Waals surface area contributed by atoms with Crippen LogP contribution in [0.25, 0.3) is 50.1 Å². The van der Waals surface area contributed by atoms with Gasteiger partial charge in [-0.3, -0.25) is 13.7 Å². The van der Waals surface area contributed by atoms with Gasteiger partial charge in [-0.25, -0.2) is 4.98 Å². The van der Waals surface area contributed by atoms with Crippen LogP contribution in [0.4, 0.5) is 0 Å². The van der Waals surface area contributed by atoms with Gasteiger partial charge in [-0.05, 0) is 105 Å². The lowest BCUT2D eigenvalue weighted by molar-refractivity contribution is -0.611. The number of pyridine rings is 1. The summed E-state index contributed by atoms with van der Waals surface area (Å²) >= 11 is 0. The Bertz CT molecular complexity index is 3800. The molecule has 11 rings (SSSR count). The minimum absolute atomic E-state index is 0.0415. The van der Waals surface area contributed by atoms with Crippen molar-refractivity contribution in [2.24, 2.45) is 0 Å². The highest BCUT2D eigenvalue weighted by Gasteiger charge is 2.40. The van der Waals surface area contributed by atoms with Crippen molar-refractivity contribution < 1.29 is 9.30 Å². The highest BCUT2D eigenvalue weighted by Crippen LogP contribution is 2.44. The monoisotopic (exact) mass is 965 g/mol. The van der Waals surface area contributed by atoms with Crippen molar-refractivity contribution >= 4 is 21.8 Å². The molecule has 0 amide bonds. The van der Waals surface area contributed by atoms with Crippen LogP contribution < -0.4 is 9.30 Å². The molecule has 0 aliphatic rings. The molecule has 0 N–H and O–H groups in total. The summed E-state index contributed by atoms with van der Waals surface area (Å²) < 4.78 is 14.1. The third-order valence-electron chi connectivity index (χ3n) is 15.3. The van der Waals surface area contributed by atoms with E-state index < -0.39 is 10.8 Å². The molecular formula is C69H64N4O. The predicted octanol–water partition coefficient (Wildman–Crippen LogP) is 16.8. The predicted molar refractivity (Wildman–Crippen MR) is 305 cm³/mol. The van der Waals surface area contributed by atoms with Gasteiger partial charge in [-0.15, -0.1) is 0 Å². The Kier molecular flexibility index (Phi) is 12.1. The molecule has 5 heteroatoms. The van der Waals surface area contributed by atoms with E-state index in [1.165, 1.54) is 33.2 Å². The summed E-state index contributed by atoms with van der Waals surface area (Å²) in [5.41, 5.74) is 13.3. The number of fused-ring (bicyclic) bond motifs is 3. The van der Waals surface area contributed by atoms with Crippen LogP contribution in [-0.2, 0) is 21.7 Å². The zero-order chi connectivity index (χ0) is 51.4. The molecule has 0 aliphatic carbocycles. The van der Waals surface area contributed by atoms with Gasteiger partial charge in [0.15, 0.2) is 0 Å². The van der Waals surface area contributed by atoms with Crippen LogP contribution in [0.15, 0.2) is 225 Å².